The van der Waals surface area contributed by atoms with Gasteiger partial charge in [0, 0.05) is 24.2 Å². The van der Waals surface area contributed by atoms with Crippen LogP contribution in [0.3, 0.4) is 0 Å². The van der Waals surface area contributed by atoms with Crippen molar-refractivity contribution in [1.82, 2.24) is 9.55 Å². The van der Waals surface area contributed by atoms with Gasteiger partial charge in [-0.3, -0.25) is 4.57 Å². The van der Waals surface area contributed by atoms with Crippen LogP contribution in [-0.2, 0) is 9.84 Å². The number of halogens is 1. The van der Waals surface area contributed by atoms with Crippen LogP contribution >= 0.6 is 0 Å². The van der Waals surface area contributed by atoms with Crippen molar-refractivity contribution in [3.63, 3.8) is 0 Å². The van der Waals surface area contributed by atoms with E-state index in [9.17, 15) is 12.8 Å². The third kappa shape index (κ3) is 3.03. The lowest BCUT2D eigenvalue weighted by Crippen LogP contribution is -2.00. The van der Waals surface area contributed by atoms with Crippen molar-refractivity contribution in [3.05, 3.63) is 66.2 Å². The first-order valence-corrected chi connectivity index (χ1v) is 8.86. The number of hydrogen-bond donors (Lipinski definition) is 0. The van der Waals surface area contributed by atoms with Crippen molar-refractivity contribution >= 4 is 9.84 Å². The van der Waals surface area contributed by atoms with Gasteiger partial charge in [0.15, 0.2) is 9.84 Å². The molecule has 118 valence electrons. The van der Waals surface area contributed by atoms with Gasteiger partial charge < -0.3 is 0 Å². The summed E-state index contributed by atoms with van der Waals surface area (Å²) in [5.74, 6) is 0.302. The summed E-state index contributed by atoms with van der Waals surface area (Å²) in [6.45, 7) is 1.89. The molecule has 4 nitrogen and oxygen atoms in total. The Bertz CT molecular complexity index is 961. The molecule has 0 unspecified atom stereocenters. The molecular weight excluding hydrogens is 315 g/mol. The largest absolute Gasteiger partial charge is 0.299 e. The highest BCUT2D eigenvalue weighted by molar-refractivity contribution is 7.90. The smallest absolute Gasteiger partial charge is 0.175 e. The van der Waals surface area contributed by atoms with E-state index in [-0.39, 0.29) is 10.7 Å². The molecule has 0 N–H and O–H groups in total. The Balaban J connectivity index is 2.10. The highest BCUT2D eigenvalue weighted by Crippen LogP contribution is 2.25. The molecule has 3 rings (SSSR count). The molecule has 2 aromatic carbocycles. The minimum atomic E-state index is -3.24. The van der Waals surface area contributed by atoms with E-state index in [2.05, 4.69) is 4.98 Å². The van der Waals surface area contributed by atoms with Crippen molar-refractivity contribution in [3.8, 4) is 17.1 Å². The minimum Gasteiger partial charge on any atom is -0.299 e. The van der Waals surface area contributed by atoms with Crippen LogP contribution in [0.2, 0.25) is 0 Å². The highest BCUT2D eigenvalue weighted by Gasteiger charge is 2.12. The van der Waals surface area contributed by atoms with Crippen molar-refractivity contribution in [2.24, 2.45) is 0 Å². The van der Waals surface area contributed by atoms with Crippen LogP contribution in [-0.4, -0.2) is 24.2 Å². The van der Waals surface area contributed by atoms with E-state index < -0.39 is 9.84 Å². The first-order valence-electron chi connectivity index (χ1n) is 6.96. The van der Waals surface area contributed by atoms with Crippen LogP contribution < -0.4 is 0 Å². The molecule has 23 heavy (non-hydrogen) atoms. The summed E-state index contributed by atoms with van der Waals surface area (Å²) in [5, 5.41) is 0. The lowest BCUT2D eigenvalue weighted by Gasteiger charge is -2.11. The summed E-state index contributed by atoms with van der Waals surface area (Å²) in [6.07, 6.45) is 4.55. The van der Waals surface area contributed by atoms with Crippen LogP contribution in [0.5, 0.6) is 0 Å². The average Bonchev–Trinajstić information content (AvgIpc) is 2.98. The third-order valence-electron chi connectivity index (χ3n) is 3.61. The third-order valence-corrected chi connectivity index (χ3v) is 4.74. The molecular formula is C17H15FN2O2S. The number of aryl methyl sites for hydroxylation is 1. The molecule has 1 heterocycles. The summed E-state index contributed by atoms with van der Waals surface area (Å²) in [5.41, 5.74) is 2.37. The molecule has 0 fully saturated rings. The fourth-order valence-electron chi connectivity index (χ4n) is 2.40. The number of benzene rings is 2. The first-order chi connectivity index (χ1) is 10.9. The van der Waals surface area contributed by atoms with Gasteiger partial charge in [-0.1, -0.05) is 6.07 Å². The van der Waals surface area contributed by atoms with E-state index in [0.29, 0.717) is 11.5 Å². The number of nitrogens with zero attached hydrogens (tertiary/aromatic N) is 2. The summed E-state index contributed by atoms with van der Waals surface area (Å²) >= 11 is 0. The van der Waals surface area contributed by atoms with E-state index in [4.69, 9.17) is 0 Å². The van der Waals surface area contributed by atoms with E-state index in [1.165, 1.54) is 18.4 Å². The second kappa shape index (κ2) is 5.62. The SMILES string of the molecule is Cc1ccc(F)cc1-n1ccnc1-c1ccc(S(C)(=O)=O)cc1. The second-order valence-electron chi connectivity index (χ2n) is 5.35. The Morgan fingerprint density at radius 3 is 2.43 bits per heavy atom. The number of rotatable bonds is 3. The van der Waals surface area contributed by atoms with Gasteiger partial charge in [-0.2, -0.15) is 0 Å². The standard InChI is InChI=1S/C17H15FN2O2S/c1-12-3-6-14(18)11-16(12)20-10-9-19-17(20)13-4-7-15(8-5-13)23(2,21)22/h3-11H,1-2H3. The maximum atomic E-state index is 13.6. The zero-order valence-corrected chi connectivity index (χ0v) is 13.5. The van der Waals surface area contributed by atoms with Gasteiger partial charge in [-0.15, -0.1) is 0 Å². The number of aromatic nitrogens is 2. The molecule has 0 aliphatic rings. The molecule has 0 atom stereocenters. The summed E-state index contributed by atoms with van der Waals surface area (Å²) in [7, 11) is -3.24. The Labute approximate surface area is 134 Å². The lowest BCUT2D eigenvalue weighted by atomic mass is 10.1. The van der Waals surface area contributed by atoms with Crippen LogP contribution in [0, 0.1) is 12.7 Å². The molecule has 3 aromatic rings. The Hall–Kier alpha value is -2.47. The molecule has 0 amide bonds. The molecule has 0 bridgehead atoms. The predicted octanol–water partition coefficient (Wildman–Crippen LogP) is 3.39. The Kier molecular flexibility index (Phi) is 3.77. The highest BCUT2D eigenvalue weighted by atomic mass is 32.2. The van der Waals surface area contributed by atoms with Crippen LogP contribution in [0.1, 0.15) is 5.56 Å². The first kappa shape index (κ1) is 15.4. The zero-order chi connectivity index (χ0) is 16.6. The summed E-state index contributed by atoms with van der Waals surface area (Å²) in [4.78, 5) is 4.57. The van der Waals surface area contributed by atoms with Gasteiger partial charge >= 0.3 is 0 Å². The lowest BCUT2D eigenvalue weighted by molar-refractivity contribution is 0.602. The number of hydrogen-bond acceptors (Lipinski definition) is 3. The normalized spacial score (nSPS) is 11.6. The van der Waals surface area contributed by atoms with Crippen molar-refractivity contribution in [2.75, 3.05) is 6.26 Å². The minimum absolute atomic E-state index is 0.251. The molecule has 0 aliphatic carbocycles. The fourth-order valence-corrected chi connectivity index (χ4v) is 3.04. The maximum Gasteiger partial charge on any atom is 0.175 e. The average molecular weight is 330 g/mol. The molecule has 0 saturated heterocycles. The molecule has 0 aliphatic heterocycles. The van der Waals surface area contributed by atoms with Crippen molar-refractivity contribution < 1.29 is 12.8 Å². The summed E-state index contributed by atoms with van der Waals surface area (Å²) < 4.78 is 38.4. The predicted molar refractivity (Wildman–Crippen MR) is 86.8 cm³/mol. The Morgan fingerprint density at radius 2 is 1.78 bits per heavy atom. The molecule has 0 radical (unpaired) electrons. The van der Waals surface area contributed by atoms with Crippen LogP contribution in [0.15, 0.2) is 59.8 Å². The maximum absolute atomic E-state index is 13.6. The second-order valence-corrected chi connectivity index (χ2v) is 7.36. The van der Waals surface area contributed by atoms with Crippen molar-refractivity contribution in [2.45, 2.75) is 11.8 Å². The monoisotopic (exact) mass is 330 g/mol. The van der Waals surface area contributed by atoms with Gasteiger partial charge in [-0.05, 0) is 48.9 Å². The molecule has 0 spiro atoms. The van der Waals surface area contributed by atoms with E-state index in [1.54, 1.807) is 47.3 Å². The van der Waals surface area contributed by atoms with E-state index in [1.807, 2.05) is 6.92 Å². The topological polar surface area (TPSA) is 52.0 Å². The van der Waals surface area contributed by atoms with E-state index in [0.717, 1.165) is 11.1 Å². The van der Waals surface area contributed by atoms with Gasteiger partial charge in [0.2, 0.25) is 0 Å². The van der Waals surface area contributed by atoms with E-state index >= 15 is 0 Å². The molecule has 1 aromatic heterocycles. The zero-order valence-electron chi connectivity index (χ0n) is 12.7. The van der Waals surface area contributed by atoms with Crippen molar-refractivity contribution in [1.29, 1.82) is 0 Å². The number of sulfone groups is 1. The van der Waals surface area contributed by atoms with Gasteiger partial charge in [0.05, 0.1) is 10.6 Å². The number of imidazole rings is 1. The fraction of sp³-hybridized carbons (Fsp3) is 0.118. The van der Waals surface area contributed by atoms with Gasteiger partial charge in [0.25, 0.3) is 0 Å². The van der Waals surface area contributed by atoms with Crippen LogP contribution in [0.4, 0.5) is 4.39 Å². The Morgan fingerprint density at radius 1 is 1.09 bits per heavy atom. The van der Waals surface area contributed by atoms with Gasteiger partial charge in [0.1, 0.15) is 11.6 Å². The van der Waals surface area contributed by atoms with Gasteiger partial charge in [-0.25, -0.2) is 17.8 Å². The quantitative estimate of drug-likeness (QED) is 0.740. The molecule has 0 saturated carbocycles. The summed E-state index contributed by atoms with van der Waals surface area (Å²) in [6, 6.07) is 11.1. The molecule has 6 heteroatoms. The van der Waals surface area contributed by atoms with Crippen LogP contribution in [0.25, 0.3) is 17.1 Å².